The fraction of sp³-hybridized carbons (Fsp3) is 0.929. The van der Waals surface area contributed by atoms with Gasteiger partial charge in [0.05, 0.1) is 6.04 Å². The molecule has 1 heterocycles. The molecule has 0 bridgehead atoms. The summed E-state index contributed by atoms with van der Waals surface area (Å²) in [5.74, 6) is 0. The molecule has 1 amide bonds. The predicted molar refractivity (Wildman–Crippen MR) is 73.7 cm³/mol. The molecule has 1 rings (SSSR count). The first-order chi connectivity index (χ1) is 7.93. The van der Waals surface area contributed by atoms with Crippen molar-refractivity contribution in [2.24, 2.45) is 5.41 Å². The zero-order valence-electron chi connectivity index (χ0n) is 13.1. The van der Waals surface area contributed by atoms with Crippen LogP contribution in [0.3, 0.4) is 0 Å². The first-order valence-corrected chi connectivity index (χ1v) is 6.59. The third kappa shape index (κ3) is 3.37. The second-order valence-corrected chi connectivity index (χ2v) is 7.47. The van der Waals surface area contributed by atoms with Crippen LogP contribution in [0.2, 0.25) is 0 Å². The van der Waals surface area contributed by atoms with Crippen LogP contribution < -0.4 is 0 Å². The molecule has 2 atom stereocenters. The maximum Gasteiger partial charge on any atom is 0.410 e. The van der Waals surface area contributed by atoms with E-state index in [1.54, 1.807) is 0 Å². The number of ether oxygens (including phenoxy) is 1. The van der Waals surface area contributed by atoms with Gasteiger partial charge in [0.25, 0.3) is 0 Å². The molecule has 0 spiro atoms. The van der Waals surface area contributed by atoms with E-state index in [0.717, 1.165) is 6.54 Å². The normalized spacial score (nSPS) is 25.1. The zero-order valence-corrected chi connectivity index (χ0v) is 13.1. The van der Waals surface area contributed by atoms with Crippen LogP contribution in [0.1, 0.15) is 41.5 Å². The molecule has 1 aliphatic rings. The summed E-state index contributed by atoms with van der Waals surface area (Å²) in [6.45, 7) is 13.0. The molecule has 0 aromatic carbocycles. The summed E-state index contributed by atoms with van der Waals surface area (Å²) in [5.41, 5.74) is -0.368. The Morgan fingerprint density at radius 1 is 1.17 bits per heavy atom. The van der Waals surface area contributed by atoms with Crippen molar-refractivity contribution >= 4 is 6.09 Å². The van der Waals surface area contributed by atoms with Crippen LogP contribution in [0.4, 0.5) is 4.79 Å². The number of hydrogen-bond donors (Lipinski definition) is 0. The van der Waals surface area contributed by atoms with Gasteiger partial charge >= 0.3 is 6.09 Å². The highest BCUT2D eigenvalue weighted by atomic mass is 16.6. The van der Waals surface area contributed by atoms with Gasteiger partial charge in [0.2, 0.25) is 0 Å². The van der Waals surface area contributed by atoms with Crippen LogP contribution in [0.5, 0.6) is 0 Å². The summed E-state index contributed by atoms with van der Waals surface area (Å²) >= 11 is 0. The molecular weight excluding hydrogens is 228 g/mol. The maximum absolute atomic E-state index is 12.2. The summed E-state index contributed by atoms with van der Waals surface area (Å²) in [6, 6.07) is 0.625. The molecule has 2 unspecified atom stereocenters. The molecule has 18 heavy (non-hydrogen) atoms. The average molecular weight is 256 g/mol. The average Bonchev–Trinajstić information content (AvgIpc) is 1.91. The predicted octanol–water partition coefficient (Wildman–Crippen LogP) is 2.58. The van der Waals surface area contributed by atoms with Crippen molar-refractivity contribution in [1.29, 1.82) is 0 Å². The van der Waals surface area contributed by atoms with Crippen molar-refractivity contribution in [3.63, 3.8) is 0 Å². The lowest BCUT2D eigenvalue weighted by molar-refractivity contribution is -0.0733. The van der Waals surface area contributed by atoms with E-state index >= 15 is 0 Å². The zero-order chi connectivity index (χ0) is 14.3. The van der Waals surface area contributed by atoms with E-state index < -0.39 is 5.60 Å². The molecule has 1 saturated heterocycles. The second-order valence-electron chi connectivity index (χ2n) is 7.47. The van der Waals surface area contributed by atoms with Crippen LogP contribution in [0, 0.1) is 5.41 Å². The second kappa shape index (κ2) is 4.72. The molecule has 1 fully saturated rings. The van der Waals surface area contributed by atoms with Crippen molar-refractivity contribution in [2.45, 2.75) is 59.2 Å². The number of likely N-dealkylation sites (tertiary alicyclic amines) is 1. The Hall–Kier alpha value is -0.770. The number of carbonyl (C=O) groups excluding carboxylic acids is 1. The Kier molecular flexibility index (Phi) is 4.01. The number of rotatable bonds is 1. The van der Waals surface area contributed by atoms with Crippen LogP contribution >= 0.6 is 0 Å². The minimum atomic E-state index is -0.428. The van der Waals surface area contributed by atoms with E-state index in [1.165, 1.54) is 0 Å². The lowest BCUT2D eigenvalue weighted by Gasteiger charge is -2.55. The molecule has 106 valence electrons. The lowest BCUT2D eigenvalue weighted by atomic mass is 9.75. The SMILES string of the molecule is CN(C)C1CN(C(=O)OC(C)(C)C)C1C(C)(C)C. The van der Waals surface area contributed by atoms with Gasteiger partial charge in [0.1, 0.15) is 5.60 Å². The Balaban J connectivity index is 2.77. The fourth-order valence-electron chi connectivity index (χ4n) is 2.48. The van der Waals surface area contributed by atoms with E-state index in [9.17, 15) is 4.79 Å². The molecule has 1 aliphatic heterocycles. The van der Waals surface area contributed by atoms with Gasteiger partial charge in [-0.3, -0.25) is 0 Å². The van der Waals surface area contributed by atoms with Crippen molar-refractivity contribution in [3.8, 4) is 0 Å². The van der Waals surface area contributed by atoms with Crippen molar-refractivity contribution in [2.75, 3.05) is 20.6 Å². The maximum atomic E-state index is 12.2. The Morgan fingerprint density at radius 2 is 1.67 bits per heavy atom. The van der Waals surface area contributed by atoms with Crippen molar-refractivity contribution in [3.05, 3.63) is 0 Å². The first-order valence-electron chi connectivity index (χ1n) is 6.59. The number of hydrogen-bond acceptors (Lipinski definition) is 3. The van der Waals surface area contributed by atoms with Crippen LogP contribution in [-0.2, 0) is 4.74 Å². The summed E-state index contributed by atoms with van der Waals surface area (Å²) < 4.78 is 5.46. The van der Waals surface area contributed by atoms with Crippen LogP contribution in [0.25, 0.3) is 0 Å². The minimum Gasteiger partial charge on any atom is -0.444 e. The third-order valence-corrected chi connectivity index (χ3v) is 3.26. The molecule has 0 aliphatic carbocycles. The van der Waals surface area contributed by atoms with E-state index in [1.807, 2.05) is 25.7 Å². The summed E-state index contributed by atoms with van der Waals surface area (Å²) in [4.78, 5) is 16.2. The summed E-state index contributed by atoms with van der Waals surface area (Å²) in [6.07, 6.45) is -0.194. The molecule has 0 saturated carbocycles. The van der Waals surface area contributed by atoms with E-state index in [-0.39, 0.29) is 17.6 Å². The Labute approximate surface area is 111 Å². The number of amides is 1. The van der Waals surface area contributed by atoms with Gasteiger partial charge in [0.15, 0.2) is 0 Å². The first kappa shape index (κ1) is 15.3. The highest BCUT2D eigenvalue weighted by Gasteiger charge is 2.50. The highest BCUT2D eigenvalue weighted by molar-refractivity contribution is 5.70. The number of nitrogens with zero attached hydrogens (tertiary/aromatic N) is 2. The van der Waals surface area contributed by atoms with Gasteiger partial charge in [-0.05, 0) is 40.3 Å². The Bertz CT molecular complexity index is 313. The monoisotopic (exact) mass is 256 g/mol. The Morgan fingerprint density at radius 3 is 2.00 bits per heavy atom. The quantitative estimate of drug-likeness (QED) is 0.723. The summed E-state index contributed by atoms with van der Waals surface area (Å²) in [7, 11) is 4.13. The molecule has 0 aromatic heterocycles. The van der Waals surface area contributed by atoms with E-state index in [0.29, 0.717) is 6.04 Å². The van der Waals surface area contributed by atoms with Gasteiger partial charge in [-0.15, -0.1) is 0 Å². The minimum absolute atomic E-state index is 0.0596. The molecular formula is C14H28N2O2. The largest absolute Gasteiger partial charge is 0.444 e. The standard InChI is InChI=1S/C14H28N2O2/c1-13(2,3)11-10(15(7)8)9-16(11)12(17)18-14(4,5)6/h10-11H,9H2,1-8H3. The van der Waals surface area contributed by atoms with Gasteiger partial charge in [0, 0.05) is 12.6 Å². The molecule has 0 aromatic rings. The number of likely N-dealkylation sites (N-methyl/N-ethyl adjacent to an activating group) is 1. The van der Waals surface area contributed by atoms with Gasteiger partial charge in [-0.25, -0.2) is 4.79 Å². The topological polar surface area (TPSA) is 32.8 Å². The van der Waals surface area contributed by atoms with Gasteiger partial charge in [-0.1, -0.05) is 20.8 Å². The van der Waals surface area contributed by atoms with E-state index in [4.69, 9.17) is 4.74 Å². The number of carbonyl (C=O) groups is 1. The molecule has 4 nitrogen and oxygen atoms in total. The lowest BCUT2D eigenvalue weighted by Crippen LogP contribution is -2.71. The van der Waals surface area contributed by atoms with Crippen LogP contribution in [0.15, 0.2) is 0 Å². The summed E-state index contributed by atoms with van der Waals surface area (Å²) in [5, 5.41) is 0. The molecule has 4 heteroatoms. The van der Waals surface area contributed by atoms with E-state index in [2.05, 4.69) is 39.8 Å². The molecule has 0 N–H and O–H groups in total. The van der Waals surface area contributed by atoms with Crippen LogP contribution in [-0.4, -0.2) is 54.2 Å². The van der Waals surface area contributed by atoms with Crippen molar-refractivity contribution in [1.82, 2.24) is 9.80 Å². The van der Waals surface area contributed by atoms with Gasteiger partial charge in [-0.2, -0.15) is 0 Å². The highest BCUT2D eigenvalue weighted by Crippen LogP contribution is 2.36. The smallest absolute Gasteiger partial charge is 0.410 e. The third-order valence-electron chi connectivity index (χ3n) is 3.26. The van der Waals surface area contributed by atoms with Crippen molar-refractivity contribution < 1.29 is 9.53 Å². The van der Waals surface area contributed by atoms with Gasteiger partial charge < -0.3 is 14.5 Å². The molecule has 0 radical (unpaired) electrons. The fourth-order valence-corrected chi connectivity index (χ4v) is 2.48.